The van der Waals surface area contributed by atoms with Crippen LogP contribution >= 0.6 is 0 Å². The SMILES string of the molecule is CC.CC.CC.CC.CC.CC.CC.CC.CC.CC.CC.CC.CC.CC.CC.CC.[CH3-].[CH3-].[CH3-].[CH3-].[Y].[Y].c1ccc2ccccc2c1.c1ccc2ccccc2c1.c1ccc2ccccc2c1.c1ccc2ccccc2c1. The van der Waals surface area contributed by atoms with Gasteiger partial charge in [-0.15, -0.1) is 0 Å². The fourth-order valence-electron chi connectivity index (χ4n) is 4.53. The summed E-state index contributed by atoms with van der Waals surface area (Å²) in [7, 11) is 0. The number of benzene rings is 8. The van der Waals surface area contributed by atoms with Crippen LogP contribution < -0.4 is 0 Å². The Morgan fingerprint density at radius 3 is 0.192 bits per heavy atom. The van der Waals surface area contributed by atoms with E-state index in [4.69, 9.17) is 0 Å². The standard InChI is InChI=1S/4C10H8.16C2H6.4CH3.2Y/c4*1-2-6-10-8-4-3-7-9(10)5-1;16*1-2;;;;;;/h4*1-8H;16*1-2H3;4*1H3;;/q;;;;;;;;;;;;;;;;;;;;4*-1;;. The molecule has 8 aromatic carbocycles. The van der Waals surface area contributed by atoms with Crippen LogP contribution in [0, 0.1) is 29.7 Å². The molecule has 2 radical (unpaired) electrons. The van der Waals surface area contributed by atoms with Gasteiger partial charge in [-0.25, -0.2) is 0 Å². The molecular formula is C76H140Y2-4. The molecule has 0 aliphatic heterocycles. The zero-order valence-corrected chi connectivity index (χ0v) is 65.3. The van der Waals surface area contributed by atoms with Crippen LogP contribution in [0.1, 0.15) is 222 Å². The van der Waals surface area contributed by atoms with Crippen molar-refractivity contribution in [2.24, 2.45) is 0 Å². The van der Waals surface area contributed by atoms with E-state index in [1.807, 2.05) is 222 Å². The van der Waals surface area contributed by atoms with Crippen molar-refractivity contribution in [2.75, 3.05) is 0 Å². The van der Waals surface area contributed by atoms with Crippen molar-refractivity contribution in [3.63, 3.8) is 0 Å². The third-order valence-corrected chi connectivity index (χ3v) is 6.63. The van der Waals surface area contributed by atoms with Crippen molar-refractivity contribution in [1.29, 1.82) is 0 Å². The Hall–Kier alpha value is -2.99. The summed E-state index contributed by atoms with van der Waals surface area (Å²) < 4.78 is 0. The summed E-state index contributed by atoms with van der Waals surface area (Å²) >= 11 is 0. The Labute approximate surface area is 548 Å². The van der Waals surface area contributed by atoms with Gasteiger partial charge in [-0.3, -0.25) is 0 Å². The van der Waals surface area contributed by atoms with Gasteiger partial charge in [0.2, 0.25) is 0 Å². The first kappa shape index (κ1) is 126. The van der Waals surface area contributed by atoms with Gasteiger partial charge in [0.15, 0.2) is 0 Å². The molecule has 0 nitrogen and oxygen atoms in total. The number of fused-ring (bicyclic) bond motifs is 4. The van der Waals surface area contributed by atoms with Gasteiger partial charge in [-0.05, 0) is 43.1 Å². The topological polar surface area (TPSA) is 0 Å². The first-order valence-electron chi connectivity index (χ1n) is 29.6. The molecule has 0 amide bonds. The molecule has 0 spiro atoms. The van der Waals surface area contributed by atoms with Gasteiger partial charge in [0.05, 0.1) is 0 Å². The molecule has 0 N–H and O–H groups in total. The van der Waals surface area contributed by atoms with E-state index < -0.39 is 0 Å². The summed E-state index contributed by atoms with van der Waals surface area (Å²) in [6.45, 7) is 64.0. The van der Waals surface area contributed by atoms with Gasteiger partial charge in [0.25, 0.3) is 0 Å². The largest absolute Gasteiger partial charge is 0.358 e. The number of hydrogen-bond donors (Lipinski definition) is 0. The molecule has 8 rings (SSSR count). The molecule has 0 aromatic heterocycles. The average Bonchev–Trinajstić information content (AvgIpc) is 3.55. The molecule has 0 unspecified atom stereocenters. The average molecular weight is 1230 g/mol. The maximum atomic E-state index is 2.12. The maximum Gasteiger partial charge on any atom is 0 e. The van der Waals surface area contributed by atoms with Crippen molar-refractivity contribution >= 4 is 43.1 Å². The molecule has 0 saturated carbocycles. The maximum absolute atomic E-state index is 2.12. The second-order valence-corrected chi connectivity index (χ2v) is 9.39. The number of rotatable bonds is 0. The van der Waals surface area contributed by atoms with E-state index in [0.717, 1.165) is 0 Å². The van der Waals surface area contributed by atoms with Gasteiger partial charge >= 0.3 is 0 Å². The van der Waals surface area contributed by atoms with Crippen molar-refractivity contribution in [1.82, 2.24) is 0 Å². The first-order valence-corrected chi connectivity index (χ1v) is 29.6. The predicted molar refractivity (Wildman–Crippen MR) is 383 cm³/mol. The smallest absolute Gasteiger partial charge is 0 e. The molecular weight excluding hydrogens is 1090 g/mol. The molecule has 2 heteroatoms. The van der Waals surface area contributed by atoms with Crippen molar-refractivity contribution in [3.8, 4) is 0 Å². The molecule has 78 heavy (non-hydrogen) atoms. The van der Waals surface area contributed by atoms with E-state index in [2.05, 4.69) is 194 Å². The Morgan fingerprint density at radius 2 is 0.154 bits per heavy atom. The van der Waals surface area contributed by atoms with Crippen LogP contribution in [0.4, 0.5) is 0 Å². The molecule has 0 fully saturated rings. The molecule has 0 atom stereocenters. The molecule has 0 bridgehead atoms. The summed E-state index contributed by atoms with van der Waals surface area (Å²) in [6.07, 6.45) is 0. The summed E-state index contributed by atoms with van der Waals surface area (Å²) in [5, 5.41) is 10.5. The van der Waals surface area contributed by atoms with E-state index in [1.165, 1.54) is 43.1 Å². The van der Waals surface area contributed by atoms with E-state index in [0.29, 0.717) is 0 Å². The minimum Gasteiger partial charge on any atom is -0.358 e. The molecule has 0 saturated heterocycles. The normalized spacial score (nSPS) is 6.36. The summed E-state index contributed by atoms with van der Waals surface area (Å²) in [4.78, 5) is 0. The summed E-state index contributed by atoms with van der Waals surface area (Å²) in [6, 6.07) is 66.9. The fraction of sp³-hybridized carbons (Fsp3) is 0.421. The zero-order chi connectivity index (χ0) is 59.2. The number of hydrogen-bond acceptors (Lipinski definition) is 0. The predicted octanol–water partition coefficient (Wildman–Crippen LogP) is 29.6. The van der Waals surface area contributed by atoms with E-state index in [1.54, 1.807) is 0 Å². The van der Waals surface area contributed by atoms with Gasteiger partial charge in [-0.2, -0.15) is 0 Å². The van der Waals surface area contributed by atoms with Gasteiger partial charge in [0.1, 0.15) is 0 Å². The van der Waals surface area contributed by atoms with Gasteiger partial charge in [-0.1, -0.05) is 416 Å². The second kappa shape index (κ2) is 140. The van der Waals surface area contributed by atoms with E-state index in [-0.39, 0.29) is 95.1 Å². The molecule has 0 aliphatic carbocycles. The summed E-state index contributed by atoms with van der Waals surface area (Å²) in [5.74, 6) is 0. The Morgan fingerprint density at radius 1 is 0.115 bits per heavy atom. The van der Waals surface area contributed by atoms with Crippen LogP contribution in [0.15, 0.2) is 194 Å². The minimum atomic E-state index is 0. The van der Waals surface area contributed by atoms with Crippen molar-refractivity contribution in [2.45, 2.75) is 222 Å². The monoisotopic (exact) mass is 1230 g/mol. The van der Waals surface area contributed by atoms with Gasteiger partial charge < -0.3 is 29.7 Å². The molecule has 0 heterocycles. The zero-order valence-electron chi connectivity index (χ0n) is 59.6. The second-order valence-electron chi connectivity index (χ2n) is 9.39. The van der Waals surface area contributed by atoms with Crippen molar-refractivity contribution < 1.29 is 65.4 Å². The molecule has 454 valence electrons. The third-order valence-electron chi connectivity index (χ3n) is 6.63. The van der Waals surface area contributed by atoms with Crippen LogP contribution in [-0.2, 0) is 65.4 Å². The Kier molecular flexibility index (Phi) is 228. The van der Waals surface area contributed by atoms with Crippen LogP contribution in [0.25, 0.3) is 43.1 Å². The van der Waals surface area contributed by atoms with Crippen LogP contribution in [-0.4, -0.2) is 0 Å². The minimum absolute atomic E-state index is 0. The molecule has 8 aromatic rings. The van der Waals surface area contributed by atoms with Crippen LogP contribution in [0.3, 0.4) is 0 Å². The Balaban J connectivity index is -0.0000000322. The van der Waals surface area contributed by atoms with Crippen LogP contribution in [0.5, 0.6) is 0 Å². The quantitative estimate of drug-likeness (QED) is 0.133. The van der Waals surface area contributed by atoms with E-state index in [9.17, 15) is 0 Å². The van der Waals surface area contributed by atoms with E-state index >= 15 is 0 Å². The Bertz CT molecular complexity index is 1380. The molecule has 0 aliphatic rings. The third kappa shape index (κ3) is 79.5. The fourth-order valence-corrected chi connectivity index (χ4v) is 4.53. The first-order chi connectivity index (χ1) is 35.9. The van der Waals surface area contributed by atoms with Crippen LogP contribution in [0.2, 0.25) is 0 Å². The van der Waals surface area contributed by atoms with Crippen molar-refractivity contribution in [3.05, 3.63) is 224 Å². The van der Waals surface area contributed by atoms with Gasteiger partial charge in [0, 0.05) is 65.4 Å². The summed E-state index contributed by atoms with van der Waals surface area (Å²) in [5.41, 5.74) is 0.